The first-order valence-corrected chi connectivity index (χ1v) is 5.06. The van der Waals surface area contributed by atoms with E-state index < -0.39 is 0 Å². The van der Waals surface area contributed by atoms with Crippen molar-refractivity contribution < 1.29 is 9.47 Å². The van der Waals surface area contributed by atoms with Crippen molar-refractivity contribution in [2.45, 2.75) is 0 Å². The number of methoxy groups -OCH3 is 1. The molecule has 6 heteroatoms. The highest BCUT2D eigenvalue weighted by atomic mass is 16.5. The van der Waals surface area contributed by atoms with Crippen molar-refractivity contribution in [3.63, 3.8) is 0 Å². The summed E-state index contributed by atoms with van der Waals surface area (Å²) in [6, 6.07) is 6.85. The van der Waals surface area contributed by atoms with Crippen LogP contribution in [0.25, 0.3) is 0 Å². The SMILES string of the molecule is COc1cc(C#N)cc(Oc2cncc(N)n2)c1. The van der Waals surface area contributed by atoms with Crippen molar-refractivity contribution in [2.24, 2.45) is 0 Å². The van der Waals surface area contributed by atoms with Crippen molar-refractivity contribution in [2.75, 3.05) is 12.8 Å². The van der Waals surface area contributed by atoms with Gasteiger partial charge in [-0.1, -0.05) is 0 Å². The standard InChI is InChI=1S/C12H10N4O2/c1-17-9-2-8(5-13)3-10(4-9)18-12-7-15-6-11(14)16-12/h2-4,6-7H,1H3,(H2,14,16). The molecule has 0 aliphatic carbocycles. The van der Waals surface area contributed by atoms with Gasteiger partial charge in [-0.2, -0.15) is 10.2 Å². The maximum absolute atomic E-state index is 8.88. The number of hydrogen-bond acceptors (Lipinski definition) is 6. The van der Waals surface area contributed by atoms with Crippen LogP contribution < -0.4 is 15.2 Å². The van der Waals surface area contributed by atoms with E-state index in [2.05, 4.69) is 9.97 Å². The minimum atomic E-state index is 0.257. The van der Waals surface area contributed by atoms with Gasteiger partial charge in [-0.15, -0.1) is 0 Å². The molecule has 0 atom stereocenters. The number of anilines is 1. The zero-order valence-corrected chi connectivity index (χ0v) is 9.62. The molecule has 0 radical (unpaired) electrons. The Hall–Kier alpha value is -2.81. The van der Waals surface area contributed by atoms with E-state index in [9.17, 15) is 0 Å². The lowest BCUT2D eigenvalue weighted by atomic mass is 10.2. The largest absolute Gasteiger partial charge is 0.497 e. The zero-order valence-electron chi connectivity index (χ0n) is 9.62. The Kier molecular flexibility index (Phi) is 3.25. The number of rotatable bonds is 3. The smallest absolute Gasteiger partial charge is 0.239 e. The predicted molar refractivity (Wildman–Crippen MR) is 64.2 cm³/mol. The topological polar surface area (TPSA) is 94.0 Å². The van der Waals surface area contributed by atoms with Crippen LogP contribution in [0.1, 0.15) is 5.56 Å². The van der Waals surface area contributed by atoms with Crippen molar-refractivity contribution >= 4 is 5.82 Å². The molecule has 2 N–H and O–H groups in total. The van der Waals surface area contributed by atoms with Crippen molar-refractivity contribution in [3.8, 4) is 23.4 Å². The van der Waals surface area contributed by atoms with Crippen LogP contribution in [-0.2, 0) is 0 Å². The van der Waals surface area contributed by atoms with E-state index in [1.807, 2.05) is 6.07 Å². The van der Waals surface area contributed by atoms with Gasteiger partial charge in [0.2, 0.25) is 5.88 Å². The lowest BCUT2D eigenvalue weighted by molar-refractivity contribution is 0.407. The fourth-order valence-corrected chi connectivity index (χ4v) is 1.35. The molecule has 0 unspecified atom stereocenters. The summed E-state index contributed by atoms with van der Waals surface area (Å²) in [5.74, 6) is 1.48. The Bertz CT molecular complexity index is 607. The number of nitrogen functional groups attached to an aromatic ring is 1. The van der Waals surface area contributed by atoms with Crippen molar-refractivity contribution in [3.05, 3.63) is 36.2 Å². The Morgan fingerprint density at radius 2 is 2.00 bits per heavy atom. The van der Waals surface area contributed by atoms with Crippen LogP contribution in [-0.4, -0.2) is 17.1 Å². The summed E-state index contributed by atoms with van der Waals surface area (Å²) >= 11 is 0. The Morgan fingerprint density at radius 3 is 2.67 bits per heavy atom. The van der Waals surface area contributed by atoms with Gasteiger partial charge in [-0.3, -0.25) is 4.98 Å². The Balaban J connectivity index is 2.31. The summed E-state index contributed by atoms with van der Waals surface area (Å²) < 4.78 is 10.5. The van der Waals surface area contributed by atoms with E-state index in [1.54, 1.807) is 18.2 Å². The number of ether oxygens (including phenoxy) is 2. The monoisotopic (exact) mass is 242 g/mol. The molecular weight excluding hydrogens is 232 g/mol. The lowest BCUT2D eigenvalue weighted by Crippen LogP contribution is -1.95. The molecule has 90 valence electrons. The van der Waals surface area contributed by atoms with Gasteiger partial charge in [-0.25, -0.2) is 0 Å². The molecule has 0 aliphatic rings. The van der Waals surface area contributed by atoms with E-state index in [-0.39, 0.29) is 11.7 Å². The van der Waals surface area contributed by atoms with E-state index in [4.69, 9.17) is 20.5 Å². The van der Waals surface area contributed by atoms with Crippen LogP contribution in [0.5, 0.6) is 17.4 Å². The molecule has 2 aromatic rings. The van der Waals surface area contributed by atoms with Gasteiger partial charge in [0.25, 0.3) is 0 Å². The molecule has 0 fully saturated rings. The predicted octanol–water partition coefficient (Wildman–Crippen LogP) is 1.73. The third-order valence-electron chi connectivity index (χ3n) is 2.10. The lowest BCUT2D eigenvalue weighted by Gasteiger charge is -2.07. The van der Waals surface area contributed by atoms with Crippen LogP contribution in [0.2, 0.25) is 0 Å². The number of nitrogens with zero attached hydrogens (tertiary/aromatic N) is 3. The first-order chi connectivity index (χ1) is 8.71. The molecule has 0 saturated heterocycles. The molecule has 18 heavy (non-hydrogen) atoms. The van der Waals surface area contributed by atoms with Crippen molar-refractivity contribution in [1.82, 2.24) is 9.97 Å². The zero-order chi connectivity index (χ0) is 13.0. The summed E-state index contributed by atoms with van der Waals surface area (Å²) in [5, 5.41) is 8.88. The molecule has 1 heterocycles. The highest BCUT2D eigenvalue weighted by Gasteiger charge is 2.05. The van der Waals surface area contributed by atoms with Gasteiger partial charge in [0.15, 0.2) is 0 Å². The minimum Gasteiger partial charge on any atom is -0.497 e. The molecule has 0 spiro atoms. The van der Waals surface area contributed by atoms with Gasteiger partial charge in [0, 0.05) is 6.07 Å². The Morgan fingerprint density at radius 1 is 1.22 bits per heavy atom. The number of hydrogen-bond donors (Lipinski definition) is 1. The molecule has 0 saturated carbocycles. The van der Waals surface area contributed by atoms with Gasteiger partial charge in [0.05, 0.1) is 31.1 Å². The van der Waals surface area contributed by atoms with E-state index >= 15 is 0 Å². The molecule has 0 bridgehead atoms. The van der Waals surface area contributed by atoms with E-state index in [0.29, 0.717) is 17.1 Å². The summed E-state index contributed by atoms with van der Waals surface area (Å²) in [5.41, 5.74) is 5.93. The van der Waals surface area contributed by atoms with Gasteiger partial charge < -0.3 is 15.2 Å². The molecule has 1 aromatic carbocycles. The second kappa shape index (κ2) is 5.01. The van der Waals surface area contributed by atoms with Gasteiger partial charge >= 0.3 is 0 Å². The van der Waals surface area contributed by atoms with Gasteiger partial charge in [0.1, 0.15) is 17.3 Å². The highest BCUT2D eigenvalue weighted by Crippen LogP contribution is 2.26. The molecule has 1 aromatic heterocycles. The summed E-state index contributed by atoms with van der Waals surface area (Å²) in [7, 11) is 1.51. The quantitative estimate of drug-likeness (QED) is 0.880. The summed E-state index contributed by atoms with van der Waals surface area (Å²) in [6.45, 7) is 0. The van der Waals surface area contributed by atoms with Gasteiger partial charge in [-0.05, 0) is 12.1 Å². The fraction of sp³-hybridized carbons (Fsp3) is 0.0833. The Labute approximate surface area is 104 Å². The average molecular weight is 242 g/mol. The number of aromatic nitrogens is 2. The summed E-state index contributed by atoms with van der Waals surface area (Å²) in [6.07, 6.45) is 2.85. The maximum Gasteiger partial charge on any atom is 0.239 e. The minimum absolute atomic E-state index is 0.257. The van der Waals surface area contributed by atoms with Crippen LogP contribution in [0.3, 0.4) is 0 Å². The number of nitrogens with two attached hydrogens (primary N) is 1. The van der Waals surface area contributed by atoms with E-state index in [1.165, 1.54) is 19.5 Å². The molecule has 0 aliphatic heterocycles. The second-order valence-corrected chi connectivity index (χ2v) is 3.39. The molecular formula is C12H10N4O2. The number of benzene rings is 1. The van der Waals surface area contributed by atoms with Crippen LogP contribution in [0.4, 0.5) is 5.82 Å². The summed E-state index contributed by atoms with van der Waals surface area (Å²) in [4.78, 5) is 7.81. The normalized spacial score (nSPS) is 9.56. The van der Waals surface area contributed by atoms with E-state index in [0.717, 1.165) is 0 Å². The molecule has 0 amide bonds. The van der Waals surface area contributed by atoms with Crippen LogP contribution in [0, 0.1) is 11.3 Å². The maximum atomic E-state index is 8.88. The van der Waals surface area contributed by atoms with Crippen molar-refractivity contribution in [1.29, 1.82) is 5.26 Å². The average Bonchev–Trinajstić information content (AvgIpc) is 2.38. The van der Waals surface area contributed by atoms with Crippen LogP contribution in [0.15, 0.2) is 30.6 Å². The number of nitriles is 1. The third kappa shape index (κ3) is 2.65. The second-order valence-electron chi connectivity index (χ2n) is 3.39. The molecule has 2 rings (SSSR count). The fourth-order valence-electron chi connectivity index (χ4n) is 1.35. The third-order valence-corrected chi connectivity index (χ3v) is 2.10. The van der Waals surface area contributed by atoms with Crippen LogP contribution >= 0.6 is 0 Å². The first kappa shape index (κ1) is 11.7. The first-order valence-electron chi connectivity index (χ1n) is 5.06. The highest BCUT2D eigenvalue weighted by molar-refractivity contribution is 5.45. The molecule has 6 nitrogen and oxygen atoms in total.